The van der Waals surface area contributed by atoms with Crippen LogP contribution >= 0.6 is 0 Å². The zero-order chi connectivity index (χ0) is 13.1. The van der Waals surface area contributed by atoms with E-state index in [2.05, 4.69) is 38.1 Å². The summed E-state index contributed by atoms with van der Waals surface area (Å²) in [6.07, 6.45) is 1.45. The smallest absolute Gasteiger partial charge is 0.0793 e. The molecule has 2 aliphatic carbocycles. The number of aliphatic hydroxyl groups excluding tert-OH is 1. The van der Waals surface area contributed by atoms with E-state index in [-0.39, 0.29) is 6.10 Å². The summed E-state index contributed by atoms with van der Waals surface area (Å²) < 4.78 is 0. The molecule has 0 aromatic heterocycles. The number of fused-ring (bicyclic) bond motifs is 1. The summed E-state index contributed by atoms with van der Waals surface area (Å²) in [5, 5.41) is 10.2. The fraction of sp³-hybridized carbons (Fsp3) is 0.412. The van der Waals surface area contributed by atoms with E-state index in [4.69, 9.17) is 0 Å². The fourth-order valence-corrected chi connectivity index (χ4v) is 2.54. The predicted molar refractivity (Wildman–Crippen MR) is 76.9 cm³/mol. The maximum atomic E-state index is 10.2. The van der Waals surface area contributed by atoms with Gasteiger partial charge in [-0.3, -0.25) is 0 Å². The summed E-state index contributed by atoms with van der Waals surface area (Å²) >= 11 is 0. The summed E-state index contributed by atoms with van der Waals surface area (Å²) in [7, 11) is 0. The number of hydrogen-bond acceptors (Lipinski definition) is 1. The third-order valence-corrected chi connectivity index (χ3v) is 3.40. The van der Waals surface area contributed by atoms with E-state index in [9.17, 15) is 5.11 Å². The normalized spacial score (nSPS) is 13.2. The molecular weight excluding hydrogens is 220 g/mol. The molecule has 0 aliphatic heterocycles. The van der Waals surface area contributed by atoms with Gasteiger partial charge in [0, 0.05) is 0 Å². The molecule has 96 valence electrons. The first-order chi connectivity index (χ1) is 8.63. The first kappa shape index (κ1) is 13.1. The molecule has 0 saturated heterocycles. The standard InChI is InChI=1S/C17H22O/c1-4-16(18)15-8-6-5-7-13-9-10-14(17(13)15)11-12(2)3/h5-10,12,16,18H,4,11H2,1-3H3. The molecule has 1 nitrogen and oxygen atoms in total. The van der Waals surface area contributed by atoms with Crippen molar-refractivity contribution in [1.82, 2.24) is 0 Å². The quantitative estimate of drug-likeness (QED) is 0.840. The lowest BCUT2D eigenvalue weighted by Gasteiger charge is -2.14. The molecule has 1 heteroatoms. The molecule has 0 amide bonds. The van der Waals surface area contributed by atoms with Crippen molar-refractivity contribution in [2.24, 2.45) is 5.92 Å². The Morgan fingerprint density at radius 3 is 2.44 bits per heavy atom. The first-order valence-corrected chi connectivity index (χ1v) is 6.82. The SMILES string of the molecule is CCC(O)c1ccccc2ccc(CC(C)C)c1-2. The highest BCUT2D eigenvalue weighted by Crippen LogP contribution is 2.35. The van der Waals surface area contributed by atoms with Gasteiger partial charge in [-0.2, -0.15) is 0 Å². The molecule has 0 saturated carbocycles. The van der Waals surface area contributed by atoms with Crippen molar-refractivity contribution < 1.29 is 5.11 Å². The Morgan fingerprint density at radius 2 is 1.78 bits per heavy atom. The third-order valence-electron chi connectivity index (χ3n) is 3.40. The van der Waals surface area contributed by atoms with Crippen LogP contribution in [0.4, 0.5) is 0 Å². The summed E-state index contributed by atoms with van der Waals surface area (Å²) in [4.78, 5) is 0. The summed E-state index contributed by atoms with van der Waals surface area (Å²) in [5.74, 6) is 0.632. The van der Waals surface area contributed by atoms with E-state index in [0.29, 0.717) is 5.92 Å². The molecule has 2 rings (SSSR count). The van der Waals surface area contributed by atoms with E-state index in [1.807, 2.05) is 19.1 Å². The molecule has 0 aromatic rings. The van der Waals surface area contributed by atoms with E-state index < -0.39 is 0 Å². The van der Waals surface area contributed by atoms with Gasteiger partial charge in [0.25, 0.3) is 0 Å². The Labute approximate surface area is 110 Å². The van der Waals surface area contributed by atoms with Crippen LogP contribution in [-0.2, 0) is 6.42 Å². The zero-order valence-corrected chi connectivity index (χ0v) is 11.5. The molecular formula is C17H22O. The molecule has 1 N–H and O–H groups in total. The average Bonchev–Trinajstić information content (AvgIpc) is 2.60. The highest BCUT2D eigenvalue weighted by Gasteiger charge is 2.17. The first-order valence-electron chi connectivity index (χ1n) is 6.82. The van der Waals surface area contributed by atoms with Gasteiger partial charge >= 0.3 is 0 Å². The molecule has 1 unspecified atom stereocenters. The van der Waals surface area contributed by atoms with Crippen LogP contribution in [0, 0.1) is 5.92 Å². The van der Waals surface area contributed by atoms with Crippen LogP contribution in [-0.4, -0.2) is 5.11 Å². The molecule has 2 aliphatic rings. The second-order valence-corrected chi connectivity index (χ2v) is 5.38. The Kier molecular flexibility index (Phi) is 4.03. The Bertz CT molecular complexity index is 487. The topological polar surface area (TPSA) is 20.2 Å². The van der Waals surface area contributed by atoms with Crippen molar-refractivity contribution in [2.75, 3.05) is 0 Å². The van der Waals surface area contributed by atoms with Gasteiger partial charge in [-0.05, 0) is 41.0 Å². The average molecular weight is 242 g/mol. The lowest BCUT2D eigenvalue weighted by atomic mass is 9.94. The lowest BCUT2D eigenvalue weighted by molar-refractivity contribution is 0.174. The molecule has 1 atom stereocenters. The molecule has 0 fully saturated rings. The van der Waals surface area contributed by atoms with Gasteiger partial charge in [-0.15, -0.1) is 0 Å². The molecule has 18 heavy (non-hydrogen) atoms. The summed E-state index contributed by atoms with van der Waals surface area (Å²) in [6.45, 7) is 6.49. The van der Waals surface area contributed by atoms with Crippen molar-refractivity contribution in [2.45, 2.75) is 39.7 Å². The number of rotatable bonds is 4. The van der Waals surface area contributed by atoms with Crippen molar-refractivity contribution in [1.29, 1.82) is 0 Å². The minimum atomic E-state index is -0.367. The number of aliphatic hydroxyl groups is 1. The molecule has 0 radical (unpaired) electrons. The van der Waals surface area contributed by atoms with Crippen LogP contribution < -0.4 is 0 Å². The van der Waals surface area contributed by atoms with E-state index >= 15 is 0 Å². The van der Waals surface area contributed by atoms with E-state index in [1.54, 1.807) is 0 Å². The molecule has 0 spiro atoms. The molecule has 0 heterocycles. The minimum Gasteiger partial charge on any atom is -0.388 e. The van der Waals surface area contributed by atoms with Crippen molar-refractivity contribution >= 4 is 0 Å². The van der Waals surface area contributed by atoms with Crippen molar-refractivity contribution in [3.8, 4) is 11.1 Å². The van der Waals surface area contributed by atoms with Gasteiger partial charge in [0.05, 0.1) is 6.10 Å². The second kappa shape index (κ2) is 5.53. The highest BCUT2D eigenvalue weighted by atomic mass is 16.3. The monoisotopic (exact) mass is 242 g/mol. The predicted octanol–water partition coefficient (Wildman–Crippen LogP) is 4.43. The second-order valence-electron chi connectivity index (χ2n) is 5.38. The van der Waals surface area contributed by atoms with Crippen LogP contribution in [0.15, 0.2) is 36.4 Å². The number of hydrogen-bond donors (Lipinski definition) is 1. The van der Waals surface area contributed by atoms with Gasteiger partial charge in [0.15, 0.2) is 0 Å². The van der Waals surface area contributed by atoms with Crippen LogP contribution in [0.25, 0.3) is 11.1 Å². The Balaban J connectivity index is 2.56. The molecule has 0 bridgehead atoms. The van der Waals surface area contributed by atoms with Gasteiger partial charge in [0.1, 0.15) is 0 Å². The minimum absolute atomic E-state index is 0.367. The largest absolute Gasteiger partial charge is 0.388 e. The lowest BCUT2D eigenvalue weighted by Crippen LogP contribution is -2.00. The van der Waals surface area contributed by atoms with Crippen LogP contribution in [0.5, 0.6) is 0 Å². The van der Waals surface area contributed by atoms with Crippen LogP contribution in [0.1, 0.15) is 44.4 Å². The maximum Gasteiger partial charge on any atom is 0.0793 e. The van der Waals surface area contributed by atoms with Crippen molar-refractivity contribution in [3.63, 3.8) is 0 Å². The van der Waals surface area contributed by atoms with Gasteiger partial charge in [0.2, 0.25) is 0 Å². The summed E-state index contributed by atoms with van der Waals surface area (Å²) in [5.41, 5.74) is 4.91. The zero-order valence-electron chi connectivity index (χ0n) is 11.5. The fourth-order valence-electron chi connectivity index (χ4n) is 2.54. The Morgan fingerprint density at radius 1 is 1.06 bits per heavy atom. The van der Waals surface area contributed by atoms with Crippen LogP contribution in [0.3, 0.4) is 0 Å². The van der Waals surface area contributed by atoms with Crippen molar-refractivity contribution in [3.05, 3.63) is 47.5 Å². The third kappa shape index (κ3) is 2.56. The van der Waals surface area contributed by atoms with Gasteiger partial charge in [-0.25, -0.2) is 0 Å². The maximum absolute atomic E-state index is 10.2. The van der Waals surface area contributed by atoms with E-state index in [0.717, 1.165) is 18.4 Å². The van der Waals surface area contributed by atoms with E-state index in [1.165, 1.54) is 16.7 Å². The summed E-state index contributed by atoms with van der Waals surface area (Å²) in [6, 6.07) is 12.6. The van der Waals surface area contributed by atoms with Gasteiger partial charge < -0.3 is 5.11 Å². The van der Waals surface area contributed by atoms with Gasteiger partial charge in [-0.1, -0.05) is 57.2 Å². The highest BCUT2D eigenvalue weighted by molar-refractivity contribution is 5.74. The molecule has 0 aromatic carbocycles. The van der Waals surface area contributed by atoms with Crippen LogP contribution in [0.2, 0.25) is 0 Å². The Hall–Kier alpha value is -1.34.